The summed E-state index contributed by atoms with van der Waals surface area (Å²) in [5, 5.41) is 5.66. The summed E-state index contributed by atoms with van der Waals surface area (Å²) in [6, 6.07) is 2.08. The first-order chi connectivity index (χ1) is 8.08. The van der Waals surface area contributed by atoms with Crippen molar-refractivity contribution < 1.29 is 13.6 Å². The summed E-state index contributed by atoms with van der Waals surface area (Å²) < 4.78 is 27.2. The van der Waals surface area contributed by atoms with E-state index in [9.17, 15) is 13.6 Å². The average Bonchev–Trinajstić information content (AvgIpc) is 2.68. The fourth-order valence-electron chi connectivity index (χ4n) is 1.79. The van der Waals surface area contributed by atoms with Crippen LogP contribution in [0.25, 0.3) is 0 Å². The van der Waals surface area contributed by atoms with Crippen molar-refractivity contribution in [3.8, 4) is 0 Å². The Kier molecular flexibility index (Phi) is 5.49. The zero-order valence-electron chi connectivity index (χ0n) is 9.30. The third-order valence-electron chi connectivity index (χ3n) is 2.63. The third-order valence-corrected chi connectivity index (χ3v) is 3.09. The molecule has 0 saturated carbocycles. The first-order valence-corrected chi connectivity index (χ1v) is 6.03. The van der Waals surface area contributed by atoms with Gasteiger partial charge in [-0.15, -0.1) is 12.4 Å². The Morgan fingerprint density at radius 3 is 2.50 bits per heavy atom. The van der Waals surface area contributed by atoms with Gasteiger partial charge in [0.05, 0.1) is 0 Å². The van der Waals surface area contributed by atoms with Gasteiger partial charge in [0.2, 0.25) is 0 Å². The van der Waals surface area contributed by atoms with Crippen molar-refractivity contribution in [3.63, 3.8) is 0 Å². The molecule has 18 heavy (non-hydrogen) atoms. The first kappa shape index (κ1) is 15.3. The van der Waals surface area contributed by atoms with Crippen molar-refractivity contribution >= 4 is 34.2 Å². The topological polar surface area (TPSA) is 41.1 Å². The maximum absolute atomic E-state index is 13.5. The van der Waals surface area contributed by atoms with Crippen LogP contribution in [0.15, 0.2) is 16.6 Å². The van der Waals surface area contributed by atoms with Crippen LogP contribution in [-0.2, 0) is 0 Å². The van der Waals surface area contributed by atoms with Crippen molar-refractivity contribution in [1.82, 2.24) is 10.6 Å². The van der Waals surface area contributed by atoms with Crippen LogP contribution >= 0.6 is 28.3 Å². The third kappa shape index (κ3) is 3.40. The van der Waals surface area contributed by atoms with E-state index >= 15 is 0 Å². The molecule has 1 unspecified atom stereocenters. The second-order valence-corrected chi connectivity index (χ2v) is 4.82. The normalized spacial score (nSPS) is 18.3. The van der Waals surface area contributed by atoms with Gasteiger partial charge in [-0.3, -0.25) is 4.79 Å². The summed E-state index contributed by atoms with van der Waals surface area (Å²) in [7, 11) is 0. The van der Waals surface area contributed by atoms with Crippen LogP contribution in [0.2, 0.25) is 0 Å². The van der Waals surface area contributed by atoms with Crippen molar-refractivity contribution in [2.45, 2.75) is 12.5 Å². The number of halogens is 4. The lowest BCUT2D eigenvalue weighted by molar-refractivity contribution is 0.0931. The Balaban J connectivity index is 0.00000162. The Morgan fingerprint density at radius 1 is 1.39 bits per heavy atom. The highest BCUT2D eigenvalue weighted by atomic mass is 79.9. The van der Waals surface area contributed by atoms with E-state index in [0.29, 0.717) is 6.54 Å². The first-order valence-electron chi connectivity index (χ1n) is 5.24. The number of hydrogen-bond acceptors (Lipinski definition) is 2. The number of carbonyl (C=O) groups excluding carboxylic acids is 1. The standard InChI is InChI=1S/C11H11BrF2N2O.ClH/c12-6-3-8(13)10(9(14)4-6)11(17)16-7-1-2-15-5-7;/h3-4,7,15H,1-2,5H2,(H,16,17);1H. The van der Waals surface area contributed by atoms with Gasteiger partial charge in [0.25, 0.3) is 5.91 Å². The van der Waals surface area contributed by atoms with E-state index in [1.54, 1.807) is 0 Å². The summed E-state index contributed by atoms with van der Waals surface area (Å²) in [5.41, 5.74) is -0.528. The van der Waals surface area contributed by atoms with E-state index < -0.39 is 23.1 Å². The number of benzene rings is 1. The largest absolute Gasteiger partial charge is 0.348 e. The van der Waals surface area contributed by atoms with E-state index in [1.807, 2.05) is 0 Å². The highest BCUT2D eigenvalue weighted by Crippen LogP contribution is 2.19. The SMILES string of the molecule is Cl.O=C(NC1CCNC1)c1c(F)cc(Br)cc1F. The molecule has 1 saturated heterocycles. The molecule has 1 aromatic rings. The fourth-order valence-corrected chi connectivity index (χ4v) is 2.20. The maximum Gasteiger partial charge on any atom is 0.257 e. The lowest BCUT2D eigenvalue weighted by Gasteiger charge is -2.12. The Hall–Kier alpha value is -0.720. The van der Waals surface area contributed by atoms with Crippen LogP contribution in [0.5, 0.6) is 0 Å². The zero-order valence-corrected chi connectivity index (χ0v) is 11.7. The van der Waals surface area contributed by atoms with E-state index in [2.05, 4.69) is 26.6 Å². The summed E-state index contributed by atoms with van der Waals surface area (Å²) in [6.07, 6.45) is 0.769. The van der Waals surface area contributed by atoms with Crippen LogP contribution < -0.4 is 10.6 Å². The molecule has 1 aliphatic rings. The van der Waals surface area contributed by atoms with Gasteiger partial charge < -0.3 is 10.6 Å². The highest BCUT2D eigenvalue weighted by Gasteiger charge is 2.22. The molecule has 1 fully saturated rings. The predicted octanol–water partition coefficient (Wildman–Crippen LogP) is 2.24. The van der Waals surface area contributed by atoms with Crippen molar-refractivity contribution in [1.29, 1.82) is 0 Å². The summed E-state index contributed by atoms with van der Waals surface area (Å²) >= 11 is 2.96. The van der Waals surface area contributed by atoms with Gasteiger partial charge in [0, 0.05) is 17.1 Å². The van der Waals surface area contributed by atoms with Crippen molar-refractivity contribution in [2.75, 3.05) is 13.1 Å². The molecule has 2 N–H and O–H groups in total. The van der Waals surface area contributed by atoms with Crippen LogP contribution in [0, 0.1) is 11.6 Å². The number of nitrogens with one attached hydrogen (secondary N) is 2. The zero-order chi connectivity index (χ0) is 12.4. The Bertz CT molecular complexity index is 430. The molecule has 0 aliphatic carbocycles. The van der Waals surface area contributed by atoms with Gasteiger partial charge in [-0.25, -0.2) is 8.78 Å². The molecule has 0 radical (unpaired) electrons. The van der Waals surface area contributed by atoms with Crippen LogP contribution in [0.4, 0.5) is 8.78 Å². The molecule has 3 nitrogen and oxygen atoms in total. The van der Waals surface area contributed by atoms with E-state index in [1.165, 1.54) is 0 Å². The van der Waals surface area contributed by atoms with Gasteiger partial charge in [0.15, 0.2) is 0 Å². The summed E-state index contributed by atoms with van der Waals surface area (Å²) in [4.78, 5) is 11.7. The van der Waals surface area contributed by atoms with E-state index in [4.69, 9.17) is 0 Å². The summed E-state index contributed by atoms with van der Waals surface area (Å²) in [5.74, 6) is -2.43. The van der Waals surface area contributed by atoms with Gasteiger partial charge >= 0.3 is 0 Å². The van der Waals surface area contributed by atoms with E-state index in [-0.39, 0.29) is 22.9 Å². The van der Waals surface area contributed by atoms with Gasteiger partial charge in [-0.05, 0) is 25.1 Å². The number of amides is 1. The molecule has 2 rings (SSSR count). The fraction of sp³-hybridized carbons (Fsp3) is 0.364. The molecule has 1 heterocycles. The maximum atomic E-state index is 13.5. The molecule has 0 spiro atoms. The predicted molar refractivity (Wildman–Crippen MR) is 70.0 cm³/mol. The lowest BCUT2D eigenvalue weighted by atomic mass is 10.1. The molecule has 0 bridgehead atoms. The van der Waals surface area contributed by atoms with Gasteiger partial charge in [-0.1, -0.05) is 15.9 Å². The van der Waals surface area contributed by atoms with Crippen LogP contribution in [0.1, 0.15) is 16.8 Å². The van der Waals surface area contributed by atoms with Crippen LogP contribution in [-0.4, -0.2) is 25.0 Å². The van der Waals surface area contributed by atoms with Crippen molar-refractivity contribution in [2.24, 2.45) is 0 Å². The molecule has 0 aromatic heterocycles. The minimum Gasteiger partial charge on any atom is -0.348 e. The highest BCUT2D eigenvalue weighted by molar-refractivity contribution is 9.10. The Morgan fingerprint density at radius 2 is 2.00 bits per heavy atom. The molecule has 1 aliphatic heterocycles. The summed E-state index contributed by atoms with van der Waals surface area (Å²) in [6.45, 7) is 1.43. The van der Waals surface area contributed by atoms with Gasteiger partial charge in [0.1, 0.15) is 17.2 Å². The van der Waals surface area contributed by atoms with Crippen LogP contribution in [0.3, 0.4) is 0 Å². The number of carbonyl (C=O) groups is 1. The average molecular weight is 342 g/mol. The smallest absolute Gasteiger partial charge is 0.257 e. The quantitative estimate of drug-likeness (QED) is 0.866. The second-order valence-electron chi connectivity index (χ2n) is 3.91. The molecule has 100 valence electrons. The molecular weight excluding hydrogens is 329 g/mol. The van der Waals surface area contributed by atoms with E-state index in [0.717, 1.165) is 25.1 Å². The minimum atomic E-state index is -0.861. The molecule has 1 aromatic carbocycles. The minimum absolute atomic E-state index is 0. The second kappa shape index (κ2) is 6.45. The molecule has 1 amide bonds. The monoisotopic (exact) mass is 340 g/mol. The lowest BCUT2D eigenvalue weighted by Crippen LogP contribution is -2.37. The van der Waals surface area contributed by atoms with Crippen molar-refractivity contribution in [3.05, 3.63) is 33.8 Å². The molecular formula is C11H12BrClF2N2O. The molecule has 7 heteroatoms. The van der Waals surface area contributed by atoms with Gasteiger partial charge in [-0.2, -0.15) is 0 Å². The Labute approximate surface area is 118 Å². The number of rotatable bonds is 2. The number of hydrogen-bond donors (Lipinski definition) is 2. The molecule has 1 atom stereocenters.